The van der Waals surface area contributed by atoms with Crippen LogP contribution in [0, 0.1) is 0 Å². The fraction of sp³-hybridized carbons (Fsp3) is 1.00. The molecule has 0 atom stereocenters. The van der Waals surface area contributed by atoms with Crippen molar-refractivity contribution in [1.82, 2.24) is 0 Å². The summed E-state index contributed by atoms with van der Waals surface area (Å²) in [6.07, 6.45) is -2.25. The largest absolute Gasteiger partial charge is 0 e. The van der Waals surface area contributed by atoms with E-state index in [0.29, 0.717) is 0 Å². The van der Waals surface area contributed by atoms with Crippen molar-refractivity contribution in [2.75, 3.05) is 0 Å². The normalized spacial score (nSPS) is 21.4. The van der Waals surface area contributed by atoms with Gasteiger partial charge in [-0.3, -0.25) is 0 Å². The van der Waals surface area contributed by atoms with Crippen LogP contribution in [-0.2, 0) is 29.3 Å². The van der Waals surface area contributed by atoms with Crippen molar-refractivity contribution in [3.05, 3.63) is 0 Å². The topological polar surface area (TPSA) is 65.5 Å². The van der Waals surface area contributed by atoms with E-state index in [2.05, 4.69) is 9.78 Å². The van der Waals surface area contributed by atoms with E-state index in [0.717, 1.165) is 0 Å². The van der Waals surface area contributed by atoms with Crippen molar-refractivity contribution in [3.63, 3.8) is 0 Å². The van der Waals surface area contributed by atoms with E-state index in [9.17, 15) is 0 Å². The SMILES string of the molecule is OC1(O)OO1.[BaH2].[Zn]. The summed E-state index contributed by atoms with van der Waals surface area (Å²) >= 11 is 0. The maximum absolute atomic E-state index is 7.74. The van der Waals surface area contributed by atoms with Crippen molar-refractivity contribution in [3.8, 4) is 0 Å². The summed E-state index contributed by atoms with van der Waals surface area (Å²) in [5, 5.41) is 15.5. The first-order chi connectivity index (χ1) is 2.21. The molecule has 6 heteroatoms. The molecule has 1 aliphatic rings. The zero-order chi connectivity index (χ0) is 3.91. The molecule has 2 N–H and O–H groups in total. The van der Waals surface area contributed by atoms with Crippen LogP contribution in [-0.4, -0.2) is 65.3 Å². The monoisotopic (exact) mass is 282 g/mol. The van der Waals surface area contributed by atoms with Gasteiger partial charge in [-0.15, -0.1) is 9.78 Å². The predicted molar refractivity (Wildman–Crippen MR) is 17.9 cm³/mol. The van der Waals surface area contributed by atoms with Crippen LogP contribution >= 0.6 is 0 Å². The summed E-state index contributed by atoms with van der Waals surface area (Å²) in [6.45, 7) is 0. The third kappa shape index (κ3) is 5.91. The van der Waals surface area contributed by atoms with E-state index in [1.165, 1.54) is 0 Å². The molecule has 0 unspecified atom stereocenters. The molecule has 1 rings (SSSR count). The molecule has 1 saturated heterocycles. The van der Waals surface area contributed by atoms with Crippen LogP contribution in [0.15, 0.2) is 0 Å². The minimum atomic E-state index is -2.25. The Bertz CT molecular complexity index is 49.7. The summed E-state index contributed by atoms with van der Waals surface area (Å²) < 4.78 is 0. The summed E-state index contributed by atoms with van der Waals surface area (Å²) in [7, 11) is 0. The van der Waals surface area contributed by atoms with E-state index in [-0.39, 0.29) is 68.4 Å². The van der Waals surface area contributed by atoms with Crippen molar-refractivity contribution in [1.29, 1.82) is 0 Å². The van der Waals surface area contributed by atoms with Crippen LogP contribution < -0.4 is 0 Å². The van der Waals surface area contributed by atoms with Crippen LogP contribution in [0.3, 0.4) is 0 Å². The Morgan fingerprint density at radius 2 is 1.29 bits per heavy atom. The van der Waals surface area contributed by atoms with E-state index in [4.69, 9.17) is 10.2 Å². The molecule has 0 amide bonds. The number of hydrogen-bond acceptors (Lipinski definition) is 4. The standard InChI is InChI=1S/CH2O4.Ba.Zn.2H/c2-1(3)4-5-1;;;;/h2-3H;;;;. The first-order valence-electron chi connectivity index (χ1n) is 1.02. The van der Waals surface area contributed by atoms with Gasteiger partial charge in [0, 0.05) is 19.5 Å². The molecule has 0 spiro atoms. The van der Waals surface area contributed by atoms with Gasteiger partial charge >= 0.3 is 55.0 Å². The Labute approximate surface area is 92.9 Å². The summed E-state index contributed by atoms with van der Waals surface area (Å²) in [5.74, 6) is 0. The van der Waals surface area contributed by atoms with Crippen molar-refractivity contribution in [2.24, 2.45) is 0 Å². The van der Waals surface area contributed by atoms with E-state index in [1.807, 2.05) is 0 Å². The Morgan fingerprint density at radius 1 is 1.14 bits per heavy atom. The molecule has 0 radical (unpaired) electrons. The Kier molecular flexibility index (Phi) is 6.65. The molecule has 1 heterocycles. The molecule has 4 nitrogen and oxygen atoms in total. The van der Waals surface area contributed by atoms with Crippen LogP contribution in [0.2, 0.25) is 0 Å². The van der Waals surface area contributed by atoms with Gasteiger partial charge in [-0.1, -0.05) is 0 Å². The van der Waals surface area contributed by atoms with Gasteiger partial charge in [0.15, 0.2) is 0 Å². The fourth-order valence-electron chi connectivity index (χ4n) is 0.0373. The van der Waals surface area contributed by atoms with Gasteiger partial charge in [-0.25, -0.2) is 0 Å². The van der Waals surface area contributed by atoms with Gasteiger partial charge in [-0.2, -0.15) is 0 Å². The fourth-order valence-corrected chi connectivity index (χ4v) is 0.0373. The second kappa shape index (κ2) is 3.95. The van der Waals surface area contributed by atoms with Gasteiger partial charge in [0.1, 0.15) is 0 Å². The van der Waals surface area contributed by atoms with Gasteiger partial charge in [0.05, 0.1) is 0 Å². The number of hydrogen-bond donors (Lipinski definition) is 2. The molecule has 1 aliphatic heterocycles. The summed E-state index contributed by atoms with van der Waals surface area (Å²) in [6, 6.07) is 0. The molecule has 0 bridgehead atoms. The zero-order valence-corrected chi connectivity index (χ0v) is 5.89. The molecule has 7 heavy (non-hydrogen) atoms. The smallest absolute Gasteiger partial charge is 0 e. The van der Waals surface area contributed by atoms with Crippen LogP contribution in [0.1, 0.15) is 0 Å². The van der Waals surface area contributed by atoms with Crippen LogP contribution in [0.25, 0.3) is 0 Å². The Hall–Kier alpha value is 2.03. The Balaban J connectivity index is 0. The van der Waals surface area contributed by atoms with Crippen molar-refractivity contribution >= 4 is 48.9 Å². The average molecular weight is 283 g/mol. The predicted octanol–water partition coefficient (Wildman–Crippen LogP) is -2.37. The van der Waals surface area contributed by atoms with Crippen molar-refractivity contribution < 1.29 is 39.5 Å². The van der Waals surface area contributed by atoms with E-state index >= 15 is 0 Å². The van der Waals surface area contributed by atoms with Crippen LogP contribution in [0.4, 0.5) is 0 Å². The first kappa shape index (κ1) is 11.8. The zero-order valence-electron chi connectivity index (χ0n) is 2.92. The number of aliphatic hydroxyl groups is 2. The van der Waals surface area contributed by atoms with Gasteiger partial charge in [-0.05, 0) is 0 Å². The molecule has 36 valence electrons. The molecule has 0 aromatic rings. The van der Waals surface area contributed by atoms with E-state index < -0.39 is 6.16 Å². The quantitative estimate of drug-likeness (QED) is 0.226. The van der Waals surface area contributed by atoms with Gasteiger partial charge < -0.3 is 10.2 Å². The molecule has 0 aliphatic carbocycles. The number of rotatable bonds is 0. The second-order valence-electron chi connectivity index (χ2n) is 0.715. The third-order valence-electron chi connectivity index (χ3n) is 0.232. The summed E-state index contributed by atoms with van der Waals surface area (Å²) in [5.41, 5.74) is 0. The average Bonchev–Trinajstić information content (AvgIpc) is 1.76. The molecule has 0 saturated carbocycles. The van der Waals surface area contributed by atoms with Gasteiger partial charge in [0.25, 0.3) is 0 Å². The first-order valence-corrected chi connectivity index (χ1v) is 1.02. The molecule has 1 fully saturated rings. The minimum absolute atomic E-state index is 0. The van der Waals surface area contributed by atoms with Crippen molar-refractivity contribution in [2.45, 2.75) is 6.16 Å². The minimum Gasteiger partial charge on any atom is 0 e. The molecular formula is CH4BaO4Zn. The second-order valence-corrected chi connectivity index (χ2v) is 0.715. The van der Waals surface area contributed by atoms with E-state index in [1.54, 1.807) is 0 Å². The summed E-state index contributed by atoms with van der Waals surface area (Å²) in [4.78, 5) is 7.01. The molecule has 0 aromatic heterocycles. The maximum atomic E-state index is 7.74. The third-order valence-corrected chi connectivity index (χ3v) is 0.232. The van der Waals surface area contributed by atoms with Gasteiger partial charge in [0.2, 0.25) is 0 Å². The molecule has 0 aromatic carbocycles. The Morgan fingerprint density at radius 3 is 1.29 bits per heavy atom. The maximum Gasteiger partial charge on any atom is 0 e. The van der Waals surface area contributed by atoms with Crippen LogP contribution in [0.5, 0.6) is 0 Å². The molecular weight excluding hydrogens is 279 g/mol.